The zero-order chi connectivity index (χ0) is 14.2. The first-order valence-corrected chi connectivity index (χ1v) is 8.25. The van der Waals surface area contributed by atoms with E-state index < -0.39 is 0 Å². The fraction of sp³-hybridized carbons (Fsp3) is 0.647. The summed E-state index contributed by atoms with van der Waals surface area (Å²) in [5, 5.41) is 7.12. The third kappa shape index (κ3) is 2.41. The smallest absolute Gasteiger partial charge is 0.273 e. The lowest BCUT2D eigenvalue weighted by Crippen LogP contribution is -2.31. The monoisotopic (exact) mass is 286 g/mol. The molecule has 1 N–H and O–H groups in total. The molecule has 3 atom stereocenters. The fourth-order valence-electron chi connectivity index (χ4n) is 4.18. The van der Waals surface area contributed by atoms with Gasteiger partial charge < -0.3 is 9.84 Å². The standard InChI is InChI=1S/C17H22N2O2/c20-17(18-10-13-9-11-6-7-12(13)8-11)16-14-4-2-1-3-5-15(14)21-19-16/h6-7,11-13H,1-5,8-10H2,(H,18,20)/t11-,12-,13+/m0/s1. The van der Waals surface area contributed by atoms with Gasteiger partial charge in [0.05, 0.1) is 0 Å². The first-order valence-electron chi connectivity index (χ1n) is 8.25. The Kier molecular flexibility index (Phi) is 3.32. The van der Waals surface area contributed by atoms with E-state index in [-0.39, 0.29) is 5.91 Å². The maximum Gasteiger partial charge on any atom is 0.273 e. The van der Waals surface area contributed by atoms with Crippen molar-refractivity contribution in [3.8, 4) is 0 Å². The Morgan fingerprint density at radius 2 is 2.14 bits per heavy atom. The molecule has 3 aliphatic rings. The van der Waals surface area contributed by atoms with Gasteiger partial charge in [0.15, 0.2) is 5.69 Å². The van der Waals surface area contributed by atoms with E-state index in [0.717, 1.165) is 49.5 Å². The van der Waals surface area contributed by atoms with Crippen molar-refractivity contribution in [2.24, 2.45) is 17.8 Å². The van der Waals surface area contributed by atoms with Gasteiger partial charge in [0.1, 0.15) is 5.76 Å². The average molecular weight is 286 g/mol. The number of rotatable bonds is 3. The first kappa shape index (κ1) is 13.1. The van der Waals surface area contributed by atoms with Crippen molar-refractivity contribution in [1.29, 1.82) is 0 Å². The number of allylic oxidation sites excluding steroid dienone is 2. The van der Waals surface area contributed by atoms with Gasteiger partial charge in [-0.2, -0.15) is 0 Å². The zero-order valence-electron chi connectivity index (χ0n) is 12.3. The second-order valence-electron chi connectivity index (χ2n) is 6.74. The number of aromatic nitrogens is 1. The summed E-state index contributed by atoms with van der Waals surface area (Å²) in [7, 11) is 0. The minimum atomic E-state index is -0.0475. The van der Waals surface area contributed by atoms with E-state index in [4.69, 9.17) is 4.52 Å². The molecule has 0 unspecified atom stereocenters. The maximum absolute atomic E-state index is 12.4. The van der Waals surface area contributed by atoms with Crippen LogP contribution in [0.4, 0.5) is 0 Å². The molecule has 21 heavy (non-hydrogen) atoms. The Labute approximate surface area is 125 Å². The van der Waals surface area contributed by atoms with Crippen LogP contribution in [0.15, 0.2) is 16.7 Å². The lowest BCUT2D eigenvalue weighted by atomic mass is 9.93. The predicted octanol–water partition coefficient (Wildman–Crippen LogP) is 2.89. The minimum absolute atomic E-state index is 0.0475. The molecule has 4 nitrogen and oxygen atoms in total. The number of hydrogen-bond donors (Lipinski definition) is 1. The van der Waals surface area contributed by atoms with Gasteiger partial charge >= 0.3 is 0 Å². The fourth-order valence-corrected chi connectivity index (χ4v) is 4.18. The van der Waals surface area contributed by atoms with Crippen LogP contribution in [0.25, 0.3) is 0 Å². The molecular formula is C17H22N2O2. The van der Waals surface area contributed by atoms with Crippen molar-refractivity contribution in [1.82, 2.24) is 10.5 Å². The Morgan fingerprint density at radius 3 is 2.95 bits per heavy atom. The Bertz CT molecular complexity index is 575. The third-order valence-electron chi connectivity index (χ3n) is 5.36. The van der Waals surface area contributed by atoms with Crippen LogP contribution in [0.3, 0.4) is 0 Å². The van der Waals surface area contributed by atoms with E-state index in [1.54, 1.807) is 0 Å². The van der Waals surface area contributed by atoms with Gasteiger partial charge in [-0.3, -0.25) is 4.79 Å². The molecule has 2 bridgehead atoms. The molecule has 3 aliphatic carbocycles. The van der Waals surface area contributed by atoms with Crippen molar-refractivity contribution in [3.05, 3.63) is 29.2 Å². The summed E-state index contributed by atoms with van der Waals surface area (Å²) in [5.74, 6) is 2.91. The molecule has 1 fully saturated rings. The number of aryl methyl sites for hydroxylation is 1. The summed E-state index contributed by atoms with van der Waals surface area (Å²) in [5.41, 5.74) is 1.59. The van der Waals surface area contributed by atoms with Crippen LogP contribution in [-0.4, -0.2) is 17.6 Å². The maximum atomic E-state index is 12.4. The van der Waals surface area contributed by atoms with Crippen molar-refractivity contribution in [2.45, 2.75) is 44.9 Å². The topological polar surface area (TPSA) is 55.1 Å². The van der Waals surface area contributed by atoms with Crippen LogP contribution in [0.2, 0.25) is 0 Å². The van der Waals surface area contributed by atoms with Gasteiger partial charge in [0.25, 0.3) is 5.91 Å². The van der Waals surface area contributed by atoms with E-state index in [9.17, 15) is 4.79 Å². The van der Waals surface area contributed by atoms with Crippen LogP contribution in [-0.2, 0) is 12.8 Å². The molecule has 0 radical (unpaired) electrons. The number of nitrogens with one attached hydrogen (secondary N) is 1. The van der Waals surface area contributed by atoms with Gasteiger partial charge in [-0.15, -0.1) is 0 Å². The highest BCUT2D eigenvalue weighted by molar-refractivity contribution is 5.93. The van der Waals surface area contributed by atoms with Crippen LogP contribution in [0, 0.1) is 17.8 Å². The minimum Gasteiger partial charge on any atom is -0.360 e. The Morgan fingerprint density at radius 1 is 1.24 bits per heavy atom. The third-order valence-corrected chi connectivity index (χ3v) is 5.36. The zero-order valence-corrected chi connectivity index (χ0v) is 12.3. The molecule has 0 aliphatic heterocycles. The number of carbonyl (C=O) groups excluding carboxylic acids is 1. The predicted molar refractivity (Wildman–Crippen MR) is 78.9 cm³/mol. The first-order chi connectivity index (χ1) is 10.3. The summed E-state index contributed by atoms with van der Waals surface area (Å²) in [6.45, 7) is 0.770. The van der Waals surface area contributed by atoms with Crippen LogP contribution in [0.1, 0.15) is 53.9 Å². The highest BCUT2D eigenvalue weighted by atomic mass is 16.5. The summed E-state index contributed by atoms with van der Waals surface area (Å²) in [4.78, 5) is 12.4. The average Bonchev–Trinajstić information content (AvgIpc) is 3.17. The Hall–Kier alpha value is -1.58. The van der Waals surface area contributed by atoms with E-state index in [0.29, 0.717) is 17.5 Å². The van der Waals surface area contributed by atoms with Crippen LogP contribution >= 0.6 is 0 Å². The molecule has 112 valence electrons. The summed E-state index contributed by atoms with van der Waals surface area (Å²) < 4.78 is 5.39. The van der Waals surface area contributed by atoms with Crippen molar-refractivity contribution in [2.75, 3.05) is 6.54 Å². The van der Waals surface area contributed by atoms with Crippen molar-refractivity contribution >= 4 is 5.91 Å². The molecule has 0 spiro atoms. The summed E-state index contributed by atoms with van der Waals surface area (Å²) in [6.07, 6.45) is 12.5. The van der Waals surface area contributed by atoms with Gasteiger partial charge in [-0.25, -0.2) is 0 Å². The summed E-state index contributed by atoms with van der Waals surface area (Å²) in [6, 6.07) is 0. The lowest BCUT2D eigenvalue weighted by molar-refractivity contribution is 0.0935. The second kappa shape index (κ2) is 5.32. The number of fused-ring (bicyclic) bond motifs is 3. The second-order valence-corrected chi connectivity index (χ2v) is 6.74. The molecule has 1 amide bonds. The molecule has 1 heterocycles. The Balaban J connectivity index is 1.41. The number of amides is 1. The highest BCUT2D eigenvalue weighted by Crippen LogP contribution is 2.42. The number of carbonyl (C=O) groups is 1. The molecule has 0 aromatic carbocycles. The van der Waals surface area contributed by atoms with Gasteiger partial charge in [-0.1, -0.05) is 23.7 Å². The molecule has 1 aromatic rings. The number of nitrogens with zero attached hydrogens (tertiary/aromatic N) is 1. The van der Waals surface area contributed by atoms with Gasteiger partial charge in [0, 0.05) is 18.5 Å². The van der Waals surface area contributed by atoms with Gasteiger partial charge in [0.2, 0.25) is 0 Å². The molecule has 1 saturated carbocycles. The molecule has 1 aromatic heterocycles. The normalized spacial score (nSPS) is 30.2. The largest absolute Gasteiger partial charge is 0.360 e. The SMILES string of the molecule is O=C(NC[C@H]1C[C@H]2C=C[C@H]1C2)c1noc2c1CCCCC2. The van der Waals surface area contributed by atoms with Crippen LogP contribution < -0.4 is 5.32 Å². The van der Waals surface area contributed by atoms with E-state index in [1.807, 2.05) is 0 Å². The molecule has 4 rings (SSSR count). The lowest BCUT2D eigenvalue weighted by Gasteiger charge is -2.18. The highest BCUT2D eigenvalue weighted by Gasteiger charge is 2.35. The summed E-state index contributed by atoms with van der Waals surface area (Å²) >= 11 is 0. The quantitative estimate of drug-likeness (QED) is 0.686. The van der Waals surface area contributed by atoms with E-state index >= 15 is 0 Å². The van der Waals surface area contributed by atoms with E-state index in [2.05, 4.69) is 22.6 Å². The molecular weight excluding hydrogens is 264 g/mol. The van der Waals surface area contributed by atoms with Crippen molar-refractivity contribution < 1.29 is 9.32 Å². The van der Waals surface area contributed by atoms with Crippen LogP contribution in [0.5, 0.6) is 0 Å². The number of hydrogen-bond acceptors (Lipinski definition) is 3. The molecule has 4 heteroatoms. The van der Waals surface area contributed by atoms with Gasteiger partial charge in [-0.05, 0) is 49.9 Å². The van der Waals surface area contributed by atoms with Crippen molar-refractivity contribution in [3.63, 3.8) is 0 Å². The molecule has 0 saturated heterocycles. The van der Waals surface area contributed by atoms with E-state index in [1.165, 1.54) is 19.3 Å².